The molecule has 1 fully saturated rings. The van der Waals surface area contributed by atoms with Crippen molar-refractivity contribution in [2.24, 2.45) is 0 Å². The lowest BCUT2D eigenvalue weighted by atomic mass is 10.1. The van der Waals surface area contributed by atoms with Crippen molar-refractivity contribution >= 4 is 17.2 Å². The zero-order valence-corrected chi connectivity index (χ0v) is 18.2. The van der Waals surface area contributed by atoms with Gasteiger partial charge >= 0.3 is 0 Å². The summed E-state index contributed by atoms with van der Waals surface area (Å²) in [7, 11) is 2.10. The minimum atomic E-state index is 0.161. The van der Waals surface area contributed by atoms with Gasteiger partial charge in [0.05, 0.1) is 0 Å². The topological polar surface area (TPSA) is 65.7 Å². The van der Waals surface area contributed by atoms with E-state index in [1.54, 1.807) is 0 Å². The average molecular weight is 410 g/mol. The molecule has 0 radical (unpaired) electrons. The quantitative estimate of drug-likeness (QED) is 0.757. The summed E-state index contributed by atoms with van der Waals surface area (Å²) in [5.74, 6) is 1.38. The zero-order valence-electron chi connectivity index (χ0n) is 18.2. The van der Waals surface area contributed by atoms with Crippen LogP contribution in [-0.2, 0) is 11.2 Å². The molecule has 7 heteroatoms. The van der Waals surface area contributed by atoms with Crippen molar-refractivity contribution in [3.8, 4) is 0 Å². The standard InChI is InChI=1S/C23H31N5O2/c1-17-4-5-18(2)20(16-17)27-12-14-28(15-13-27)22(29)7-6-21-24-23(25-30-21)19-8-10-26(3)11-9-19/h4-5,8,16H,6-7,9-15H2,1-3H3. The lowest BCUT2D eigenvalue weighted by Gasteiger charge is -2.37. The maximum Gasteiger partial charge on any atom is 0.227 e. The molecule has 0 saturated carbocycles. The molecular formula is C23H31N5O2. The smallest absolute Gasteiger partial charge is 0.227 e. The van der Waals surface area contributed by atoms with E-state index in [1.807, 2.05) is 4.90 Å². The normalized spacial score (nSPS) is 17.9. The number of likely N-dealkylation sites (N-methyl/N-ethyl adjacent to an activating group) is 1. The Balaban J connectivity index is 1.27. The maximum absolute atomic E-state index is 12.7. The number of nitrogens with zero attached hydrogens (tertiary/aromatic N) is 5. The van der Waals surface area contributed by atoms with Crippen LogP contribution in [-0.4, -0.2) is 72.2 Å². The molecule has 2 aliphatic heterocycles. The van der Waals surface area contributed by atoms with Crippen LogP contribution < -0.4 is 4.90 Å². The number of anilines is 1. The molecule has 3 heterocycles. The van der Waals surface area contributed by atoms with Gasteiger partial charge in [-0.3, -0.25) is 4.79 Å². The van der Waals surface area contributed by atoms with E-state index >= 15 is 0 Å². The van der Waals surface area contributed by atoms with Crippen LogP contribution in [0.25, 0.3) is 5.57 Å². The summed E-state index contributed by atoms with van der Waals surface area (Å²) < 4.78 is 5.39. The number of rotatable bonds is 5. The number of carbonyl (C=O) groups is 1. The van der Waals surface area contributed by atoms with Crippen molar-refractivity contribution in [3.05, 3.63) is 47.1 Å². The summed E-state index contributed by atoms with van der Waals surface area (Å²) >= 11 is 0. The molecule has 2 aromatic rings. The Kier molecular flexibility index (Phi) is 6.18. The van der Waals surface area contributed by atoms with Gasteiger partial charge in [-0.2, -0.15) is 4.98 Å². The minimum Gasteiger partial charge on any atom is -0.368 e. The van der Waals surface area contributed by atoms with Crippen molar-refractivity contribution in [2.75, 3.05) is 51.2 Å². The molecule has 0 spiro atoms. The Morgan fingerprint density at radius 1 is 1.13 bits per heavy atom. The first-order chi connectivity index (χ1) is 14.5. The van der Waals surface area contributed by atoms with E-state index < -0.39 is 0 Å². The van der Waals surface area contributed by atoms with E-state index in [0.717, 1.165) is 51.3 Å². The van der Waals surface area contributed by atoms with Gasteiger partial charge in [-0.1, -0.05) is 23.4 Å². The summed E-state index contributed by atoms with van der Waals surface area (Å²) in [5.41, 5.74) is 4.97. The van der Waals surface area contributed by atoms with Crippen LogP contribution in [0.4, 0.5) is 5.69 Å². The molecule has 0 unspecified atom stereocenters. The van der Waals surface area contributed by atoms with E-state index in [9.17, 15) is 4.79 Å². The molecule has 0 aliphatic carbocycles. The van der Waals surface area contributed by atoms with Crippen LogP contribution in [0.1, 0.15) is 35.7 Å². The van der Waals surface area contributed by atoms with Gasteiger partial charge in [-0.25, -0.2) is 0 Å². The SMILES string of the molecule is Cc1ccc(C)c(N2CCN(C(=O)CCc3nc(C4=CCN(C)CC4)no3)CC2)c1. The molecule has 0 N–H and O–H groups in total. The van der Waals surface area contributed by atoms with E-state index in [4.69, 9.17) is 4.52 Å². The number of carbonyl (C=O) groups excluding carboxylic acids is 1. The molecule has 1 amide bonds. The number of aryl methyl sites for hydroxylation is 3. The fourth-order valence-electron chi connectivity index (χ4n) is 4.09. The summed E-state index contributed by atoms with van der Waals surface area (Å²) in [5, 5.41) is 4.11. The third kappa shape index (κ3) is 4.73. The zero-order chi connectivity index (χ0) is 21.1. The molecule has 1 aromatic carbocycles. The van der Waals surface area contributed by atoms with Gasteiger partial charge in [0.25, 0.3) is 0 Å². The Bertz CT molecular complexity index is 927. The monoisotopic (exact) mass is 409 g/mol. The summed E-state index contributed by atoms with van der Waals surface area (Å²) in [6, 6.07) is 6.55. The Morgan fingerprint density at radius 2 is 1.93 bits per heavy atom. The molecule has 0 atom stereocenters. The van der Waals surface area contributed by atoms with Gasteiger partial charge in [0.2, 0.25) is 11.8 Å². The molecule has 30 heavy (non-hydrogen) atoms. The van der Waals surface area contributed by atoms with E-state index in [2.05, 4.69) is 65.1 Å². The summed E-state index contributed by atoms with van der Waals surface area (Å²) in [4.78, 5) is 23.8. The first kappa shape index (κ1) is 20.6. The Labute approximate surface area is 178 Å². The highest BCUT2D eigenvalue weighted by molar-refractivity contribution is 5.76. The molecular weight excluding hydrogens is 378 g/mol. The fourth-order valence-corrected chi connectivity index (χ4v) is 4.09. The third-order valence-electron chi connectivity index (χ3n) is 6.06. The molecule has 1 saturated heterocycles. The molecule has 2 aliphatic rings. The highest BCUT2D eigenvalue weighted by atomic mass is 16.5. The average Bonchev–Trinajstić information content (AvgIpc) is 3.23. The van der Waals surface area contributed by atoms with Gasteiger partial charge in [0.15, 0.2) is 5.82 Å². The van der Waals surface area contributed by atoms with Crippen molar-refractivity contribution < 1.29 is 9.32 Å². The number of aromatic nitrogens is 2. The van der Waals surface area contributed by atoms with E-state index in [0.29, 0.717) is 24.6 Å². The third-order valence-corrected chi connectivity index (χ3v) is 6.06. The lowest BCUT2D eigenvalue weighted by molar-refractivity contribution is -0.131. The maximum atomic E-state index is 12.7. The molecule has 4 rings (SSSR count). The first-order valence-corrected chi connectivity index (χ1v) is 10.8. The van der Waals surface area contributed by atoms with Crippen LogP contribution in [0, 0.1) is 13.8 Å². The van der Waals surface area contributed by atoms with E-state index in [-0.39, 0.29) is 5.91 Å². The predicted octanol–water partition coefficient (Wildman–Crippen LogP) is 2.69. The Hall–Kier alpha value is -2.67. The van der Waals surface area contributed by atoms with Crippen LogP contribution in [0.5, 0.6) is 0 Å². The second kappa shape index (κ2) is 9.00. The molecule has 1 aromatic heterocycles. The second-order valence-electron chi connectivity index (χ2n) is 8.41. The largest absolute Gasteiger partial charge is 0.368 e. The van der Waals surface area contributed by atoms with Gasteiger partial charge in [-0.05, 0) is 50.1 Å². The van der Waals surface area contributed by atoms with Crippen LogP contribution >= 0.6 is 0 Å². The second-order valence-corrected chi connectivity index (χ2v) is 8.41. The Morgan fingerprint density at radius 3 is 2.67 bits per heavy atom. The van der Waals surface area contributed by atoms with Gasteiger partial charge in [0.1, 0.15) is 0 Å². The van der Waals surface area contributed by atoms with Gasteiger partial charge in [-0.15, -0.1) is 0 Å². The fraction of sp³-hybridized carbons (Fsp3) is 0.522. The molecule has 0 bridgehead atoms. The van der Waals surface area contributed by atoms with Crippen molar-refractivity contribution in [2.45, 2.75) is 33.1 Å². The highest BCUT2D eigenvalue weighted by Gasteiger charge is 2.23. The van der Waals surface area contributed by atoms with Crippen molar-refractivity contribution in [1.82, 2.24) is 19.9 Å². The van der Waals surface area contributed by atoms with Crippen LogP contribution in [0.15, 0.2) is 28.8 Å². The number of hydrogen-bond acceptors (Lipinski definition) is 6. The minimum absolute atomic E-state index is 0.161. The molecule has 160 valence electrons. The van der Waals surface area contributed by atoms with Crippen LogP contribution in [0.3, 0.4) is 0 Å². The summed E-state index contributed by atoms with van der Waals surface area (Å²) in [6.07, 6.45) is 3.99. The predicted molar refractivity (Wildman–Crippen MR) is 117 cm³/mol. The van der Waals surface area contributed by atoms with Gasteiger partial charge < -0.3 is 19.2 Å². The lowest BCUT2D eigenvalue weighted by Crippen LogP contribution is -2.49. The van der Waals surface area contributed by atoms with Gasteiger partial charge in [0, 0.05) is 57.8 Å². The highest BCUT2D eigenvalue weighted by Crippen LogP contribution is 2.23. The summed E-state index contributed by atoms with van der Waals surface area (Å²) in [6.45, 7) is 9.41. The first-order valence-electron chi connectivity index (χ1n) is 10.8. The number of amides is 1. The van der Waals surface area contributed by atoms with Crippen molar-refractivity contribution in [1.29, 1.82) is 0 Å². The molecule has 7 nitrogen and oxygen atoms in total. The van der Waals surface area contributed by atoms with Crippen molar-refractivity contribution in [3.63, 3.8) is 0 Å². The number of benzene rings is 1. The van der Waals surface area contributed by atoms with Crippen LogP contribution in [0.2, 0.25) is 0 Å². The van der Waals surface area contributed by atoms with E-state index in [1.165, 1.54) is 16.8 Å². The number of hydrogen-bond donors (Lipinski definition) is 0. The number of piperazine rings is 1.